The van der Waals surface area contributed by atoms with Gasteiger partial charge in [0, 0.05) is 17.7 Å². The summed E-state index contributed by atoms with van der Waals surface area (Å²) in [5, 5.41) is 3.03. The second-order valence-electron chi connectivity index (χ2n) is 4.89. The minimum absolute atomic E-state index is 0.177. The second-order valence-corrected chi connectivity index (χ2v) is 5.95. The van der Waals surface area contributed by atoms with E-state index in [0.29, 0.717) is 24.7 Å². The number of carbonyl (C=O) groups is 1. The summed E-state index contributed by atoms with van der Waals surface area (Å²) < 4.78 is 0. The third kappa shape index (κ3) is 3.13. The van der Waals surface area contributed by atoms with Gasteiger partial charge in [-0.1, -0.05) is 12.8 Å². The molecule has 0 aromatic carbocycles. The molecule has 17 heavy (non-hydrogen) atoms. The van der Waals surface area contributed by atoms with E-state index in [1.165, 1.54) is 12.8 Å². The van der Waals surface area contributed by atoms with Crippen LogP contribution in [0.2, 0.25) is 0 Å². The summed E-state index contributed by atoms with van der Waals surface area (Å²) in [6.45, 7) is 2.62. The Morgan fingerprint density at radius 3 is 2.94 bits per heavy atom. The van der Waals surface area contributed by atoms with Gasteiger partial charge in [-0.15, -0.1) is 11.3 Å². The van der Waals surface area contributed by atoms with Gasteiger partial charge in [0.05, 0.1) is 10.7 Å². The molecule has 4 heteroatoms. The summed E-state index contributed by atoms with van der Waals surface area (Å²) in [6, 6.07) is 0. The van der Waals surface area contributed by atoms with Crippen LogP contribution in [0.1, 0.15) is 36.4 Å². The molecular formula is C13H20N2OS. The first kappa shape index (κ1) is 12.7. The molecule has 2 atom stereocenters. The molecule has 1 heterocycles. The Morgan fingerprint density at radius 2 is 2.29 bits per heavy atom. The van der Waals surface area contributed by atoms with Crippen LogP contribution in [0.5, 0.6) is 0 Å². The Morgan fingerprint density at radius 1 is 1.53 bits per heavy atom. The molecule has 2 rings (SSSR count). The van der Waals surface area contributed by atoms with E-state index in [1.807, 2.05) is 12.3 Å². The maximum atomic E-state index is 12.3. The number of thiazole rings is 1. The van der Waals surface area contributed by atoms with Gasteiger partial charge in [-0.2, -0.15) is 0 Å². The third-order valence-electron chi connectivity index (χ3n) is 3.65. The first-order valence-electron chi connectivity index (χ1n) is 6.34. The summed E-state index contributed by atoms with van der Waals surface area (Å²) in [7, 11) is 0. The van der Waals surface area contributed by atoms with Crippen LogP contribution in [0.4, 0.5) is 0 Å². The van der Waals surface area contributed by atoms with Gasteiger partial charge in [0.25, 0.3) is 0 Å². The zero-order valence-corrected chi connectivity index (χ0v) is 11.1. The smallest absolute Gasteiger partial charge is 0.142 e. The highest BCUT2D eigenvalue weighted by Crippen LogP contribution is 2.30. The van der Waals surface area contributed by atoms with Gasteiger partial charge in [0.1, 0.15) is 5.78 Å². The van der Waals surface area contributed by atoms with Crippen molar-refractivity contribution in [3.63, 3.8) is 0 Å². The van der Waals surface area contributed by atoms with Crippen LogP contribution in [-0.4, -0.2) is 17.3 Å². The van der Waals surface area contributed by atoms with Crippen LogP contribution in [0.15, 0.2) is 5.38 Å². The van der Waals surface area contributed by atoms with Crippen molar-refractivity contribution in [2.75, 3.05) is 6.54 Å². The zero-order valence-electron chi connectivity index (χ0n) is 10.3. The van der Waals surface area contributed by atoms with Gasteiger partial charge < -0.3 is 5.73 Å². The van der Waals surface area contributed by atoms with E-state index in [9.17, 15) is 4.79 Å². The Labute approximate surface area is 106 Å². The minimum atomic E-state index is 0.177. The average molecular weight is 252 g/mol. The van der Waals surface area contributed by atoms with Gasteiger partial charge in [-0.3, -0.25) is 4.79 Å². The molecule has 0 bridgehead atoms. The Hall–Kier alpha value is -0.740. The molecule has 0 amide bonds. The van der Waals surface area contributed by atoms with E-state index in [1.54, 1.807) is 11.3 Å². The maximum Gasteiger partial charge on any atom is 0.142 e. The third-order valence-corrected chi connectivity index (χ3v) is 4.47. The van der Waals surface area contributed by atoms with Gasteiger partial charge >= 0.3 is 0 Å². The molecule has 2 unspecified atom stereocenters. The fourth-order valence-corrected chi connectivity index (χ4v) is 3.33. The quantitative estimate of drug-likeness (QED) is 0.894. The van der Waals surface area contributed by atoms with E-state index < -0.39 is 0 Å². The molecule has 0 saturated heterocycles. The van der Waals surface area contributed by atoms with Crippen molar-refractivity contribution in [3.05, 3.63) is 16.1 Å². The van der Waals surface area contributed by atoms with Crippen molar-refractivity contribution in [1.29, 1.82) is 0 Å². The lowest BCUT2D eigenvalue weighted by atomic mass is 9.76. The summed E-state index contributed by atoms with van der Waals surface area (Å²) in [4.78, 5) is 16.6. The fraction of sp³-hybridized carbons (Fsp3) is 0.692. The predicted octanol–water partition coefficient (Wildman–Crippen LogP) is 2.33. The zero-order chi connectivity index (χ0) is 12.3. The minimum Gasteiger partial charge on any atom is -0.330 e. The number of nitrogens with zero attached hydrogens (tertiary/aromatic N) is 1. The second kappa shape index (κ2) is 5.74. The highest BCUT2D eigenvalue weighted by Gasteiger charge is 2.29. The average Bonchev–Trinajstić information content (AvgIpc) is 2.74. The van der Waals surface area contributed by atoms with Crippen LogP contribution < -0.4 is 5.73 Å². The van der Waals surface area contributed by atoms with Gasteiger partial charge in [-0.05, 0) is 32.2 Å². The highest BCUT2D eigenvalue weighted by molar-refractivity contribution is 7.09. The lowest BCUT2D eigenvalue weighted by Crippen LogP contribution is -2.33. The number of hydrogen-bond acceptors (Lipinski definition) is 4. The summed E-state index contributed by atoms with van der Waals surface area (Å²) in [5.41, 5.74) is 6.69. The summed E-state index contributed by atoms with van der Waals surface area (Å²) in [5.74, 6) is 0.914. The SMILES string of the molecule is Cc1nc(CC(=O)C2CCCCC2CN)cs1. The van der Waals surface area contributed by atoms with Crippen LogP contribution in [0.25, 0.3) is 0 Å². The fourth-order valence-electron chi connectivity index (χ4n) is 2.71. The molecule has 1 aliphatic carbocycles. The monoisotopic (exact) mass is 252 g/mol. The number of aryl methyl sites for hydroxylation is 1. The van der Waals surface area contributed by atoms with Crippen LogP contribution in [0.3, 0.4) is 0 Å². The Bertz CT molecular complexity index is 389. The molecule has 0 spiro atoms. The van der Waals surface area contributed by atoms with Crippen molar-refractivity contribution in [1.82, 2.24) is 4.98 Å². The summed E-state index contributed by atoms with van der Waals surface area (Å²) >= 11 is 1.61. The molecule has 1 aliphatic rings. The van der Waals surface area contributed by atoms with E-state index in [0.717, 1.165) is 23.5 Å². The van der Waals surface area contributed by atoms with Crippen LogP contribution in [-0.2, 0) is 11.2 Å². The van der Waals surface area contributed by atoms with E-state index in [2.05, 4.69) is 4.98 Å². The van der Waals surface area contributed by atoms with E-state index in [-0.39, 0.29) is 5.92 Å². The normalized spacial score (nSPS) is 24.8. The Kier molecular flexibility index (Phi) is 4.29. The molecule has 0 aliphatic heterocycles. The Balaban J connectivity index is 1.98. The number of rotatable bonds is 4. The first-order valence-corrected chi connectivity index (χ1v) is 7.22. The van der Waals surface area contributed by atoms with E-state index in [4.69, 9.17) is 5.73 Å². The van der Waals surface area contributed by atoms with Crippen LogP contribution in [0, 0.1) is 18.8 Å². The molecular weight excluding hydrogens is 232 g/mol. The van der Waals surface area contributed by atoms with Crippen molar-refractivity contribution >= 4 is 17.1 Å². The summed E-state index contributed by atoms with van der Waals surface area (Å²) in [6.07, 6.45) is 5.02. The van der Waals surface area contributed by atoms with Gasteiger partial charge in [0.15, 0.2) is 0 Å². The predicted molar refractivity (Wildman–Crippen MR) is 70.1 cm³/mol. The highest BCUT2D eigenvalue weighted by atomic mass is 32.1. The maximum absolute atomic E-state index is 12.3. The van der Waals surface area contributed by atoms with Crippen molar-refractivity contribution in [3.8, 4) is 0 Å². The molecule has 1 fully saturated rings. The molecule has 1 aromatic heterocycles. The topological polar surface area (TPSA) is 56.0 Å². The molecule has 2 N–H and O–H groups in total. The number of nitrogens with two attached hydrogens (primary N) is 1. The number of Topliss-reactive ketones (excluding diaryl/α,β-unsaturated/α-hetero) is 1. The molecule has 3 nitrogen and oxygen atoms in total. The number of carbonyl (C=O) groups excluding carboxylic acids is 1. The molecule has 1 saturated carbocycles. The first-order chi connectivity index (χ1) is 8.20. The molecule has 1 aromatic rings. The van der Waals surface area contributed by atoms with Gasteiger partial charge in [-0.25, -0.2) is 4.98 Å². The van der Waals surface area contributed by atoms with Gasteiger partial charge in [0.2, 0.25) is 0 Å². The number of ketones is 1. The number of aromatic nitrogens is 1. The van der Waals surface area contributed by atoms with Crippen LogP contribution >= 0.6 is 11.3 Å². The molecule has 94 valence electrons. The lowest BCUT2D eigenvalue weighted by Gasteiger charge is -2.29. The van der Waals surface area contributed by atoms with E-state index >= 15 is 0 Å². The largest absolute Gasteiger partial charge is 0.330 e. The molecule has 0 radical (unpaired) electrons. The standard InChI is InChI=1S/C13H20N2OS/c1-9-15-11(8-17-9)6-13(16)12-5-3-2-4-10(12)7-14/h8,10,12H,2-7,14H2,1H3. The number of hydrogen-bond donors (Lipinski definition) is 1. The van der Waals surface area contributed by atoms with Crippen molar-refractivity contribution < 1.29 is 4.79 Å². The van der Waals surface area contributed by atoms with Crippen molar-refractivity contribution in [2.24, 2.45) is 17.6 Å². The van der Waals surface area contributed by atoms with Crippen molar-refractivity contribution in [2.45, 2.75) is 39.0 Å². The lowest BCUT2D eigenvalue weighted by molar-refractivity contribution is -0.124.